The van der Waals surface area contributed by atoms with E-state index in [1.165, 1.54) is 96.3 Å². The lowest BCUT2D eigenvalue weighted by Crippen LogP contribution is -2.46. The van der Waals surface area contributed by atoms with Crippen molar-refractivity contribution in [2.45, 2.75) is 238 Å². The number of rotatable bonds is 41. The van der Waals surface area contributed by atoms with Gasteiger partial charge in [-0.3, -0.25) is 9.59 Å². The normalized spacial score (nSPS) is 13.9. The van der Waals surface area contributed by atoms with Crippen molar-refractivity contribution in [3.63, 3.8) is 0 Å². The van der Waals surface area contributed by atoms with Crippen LogP contribution in [0.15, 0.2) is 60.8 Å². The zero-order chi connectivity index (χ0) is 41.0. The summed E-state index contributed by atoms with van der Waals surface area (Å²) in [6.07, 6.45) is 52.9. The Kier molecular flexibility index (Phi) is 41.8. The monoisotopic (exact) mass is 784 g/mol. The van der Waals surface area contributed by atoms with E-state index < -0.39 is 18.2 Å². The number of unbranched alkanes of at least 4 members (excludes halogenated alkanes) is 19. The summed E-state index contributed by atoms with van der Waals surface area (Å²) in [7, 11) is 0. The Balaban J connectivity index is 4.70. The highest BCUT2D eigenvalue weighted by molar-refractivity contribution is 5.77. The van der Waals surface area contributed by atoms with Gasteiger partial charge in [0.15, 0.2) is 0 Å². The van der Waals surface area contributed by atoms with Crippen LogP contribution in [0.3, 0.4) is 0 Å². The average molecular weight is 784 g/mol. The van der Waals surface area contributed by atoms with Crippen molar-refractivity contribution in [2.75, 3.05) is 6.61 Å². The van der Waals surface area contributed by atoms with Crippen LogP contribution in [0.5, 0.6) is 0 Å². The van der Waals surface area contributed by atoms with E-state index in [4.69, 9.17) is 4.74 Å². The van der Waals surface area contributed by atoms with E-state index in [1.807, 2.05) is 6.08 Å². The lowest BCUT2D eigenvalue weighted by molar-refractivity contribution is -0.150. The second-order valence-electron chi connectivity index (χ2n) is 15.8. The minimum Gasteiger partial charge on any atom is -0.462 e. The third-order valence-corrected chi connectivity index (χ3v) is 10.4. The fourth-order valence-corrected chi connectivity index (χ4v) is 6.83. The molecule has 0 heterocycles. The second-order valence-corrected chi connectivity index (χ2v) is 15.8. The molecule has 0 bridgehead atoms. The van der Waals surface area contributed by atoms with Crippen LogP contribution in [0.1, 0.15) is 220 Å². The zero-order valence-electron chi connectivity index (χ0n) is 36.8. The number of aliphatic hydroxyl groups is 2. The molecular weight excluding hydrogens is 695 g/mol. The van der Waals surface area contributed by atoms with Crippen LogP contribution in [0, 0.1) is 0 Å². The highest BCUT2D eigenvalue weighted by Crippen LogP contribution is 2.17. The Bertz CT molecular complexity index is 1010. The van der Waals surface area contributed by atoms with E-state index in [0.717, 1.165) is 70.6 Å². The minimum atomic E-state index is -0.797. The lowest BCUT2D eigenvalue weighted by Gasteiger charge is -2.24. The Morgan fingerprint density at radius 3 is 1.36 bits per heavy atom. The molecule has 0 spiro atoms. The van der Waals surface area contributed by atoms with Crippen molar-refractivity contribution in [3.05, 3.63) is 60.8 Å². The van der Waals surface area contributed by atoms with Gasteiger partial charge < -0.3 is 20.3 Å². The molecule has 3 N–H and O–H groups in total. The Labute approximate surface area is 346 Å². The lowest BCUT2D eigenvalue weighted by atomic mass is 10.0. The molecule has 0 aliphatic carbocycles. The molecule has 0 saturated heterocycles. The van der Waals surface area contributed by atoms with Crippen LogP contribution in [0.25, 0.3) is 0 Å². The molecule has 0 aliphatic rings. The van der Waals surface area contributed by atoms with Gasteiger partial charge in [0.1, 0.15) is 6.10 Å². The third kappa shape index (κ3) is 38.4. The van der Waals surface area contributed by atoms with Gasteiger partial charge in [0.2, 0.25) is 5.91 Å². The van der Waals surface area contributed by atoms with Crippen molar-refractivity contribution in [1.29, 1.82) is 0 Å². The molecule has 0 aromatic carbocycles. The molecular formula is C50H89NO5. The van der Waals surface area contributed by atoms with Crippen LogP contribution >= 0.6 is 0 Å². The third-order valence-electron chi connectivity index (χ3n) is 10.4. The maximum absolute atomic E-state index is 13.1. The number of esters is 1. The van der Waals surface area contributed by atoms with Crippen LogP contribution in [-0.2, 0) is 14.3 Å². The summed E-state index contributed by atoms with van der Waals surface area (Å²) < 4.78 is 5.87. The quantitative estimate of drug-likeness (QED) is 0.0326. The van der Waals surface area contributed by atoms with E-state index in [2.05, 4.69) is 80.8 Å². The van der Waals surface area contributed by atoms with Crippen LogP contribution in [0.2, 0.25) is 0 Å². The Hall–Kier alpha value is -2.44. The summed E-state index contributed by atoms with van der Waals surface area (Å²) in [6.45, 7) is 6.32. The van der Waals surface area contributed by atoms with Gasteiger partial charge in [-0.2, -0.15) is 0 Å². The maximum atomic E-state index is 13.1. The number of carbonyl (C=O) groups is 2. The Morgan fingerprint density at radius 2 is 0.929 bits per heavy atom. The first-order valence-corrected chi connectivity index (χ1v) is 23.5. The van der Waals surface area contributed by atoms with Crippen LogP contribution in [-0.4, -0.2) is 46.9 Å². The van der Waals surface area contributed by atoms with Gasteiger partial charge in [-0.25, -0.2) is 0 Å². The molecule has 0 aliphatic heterocycles. The summed E-state index contributed by atoms with van der Waals surface area (Å²) >= 11 is 0. The van der Waals surface area contributed by atoms with Gasteiger partial charge in [-0.1, -0.05) is 210 Å². The van der Waals surface area contributed by atoms with Gasteiger partial charge in [0, 0.05) is 6.42 Å². The van der Waals surface area contributed by atoms with Crippen molar-refractivity contribution in [2.24, 2.45) is 0 Å². The number of aliphatic hydroxyl groups excluding tert-OH is 2. The molecule has 0 saturated carbocycles. The first-order valence-electron chi connectivity index (χ1n) is 23.5. The molecule has 56 heavy (non-hydrogen) atoms. The molecule has 0 aromatic rings. The minimum absolute atomic E-state index is 0.0483. The number of ether oxygens (including phenoxy) is 1. The largest absolute Gasteiger partial charge is 0.462 e. The van der Waals surface area contributed by atoms with Gasteiger partial charge in [-0.15, -0.1) is 0 Å². The highest BCUT2D eigenvalue weighted by Gasteiger charge is 2.24. The van der Waals surface area contributed by atoms with E-state index in [-0.39, 0.29) is 31.3 Å². The molecule has 3 atom stereocenters. The van der Waals surface area contributed by atoms with E-state index >= 15 is 0 Å². The molecule has 0 rings (SSSR count). The maximum Gasteiger partial charge on any atom is 0.306 e. The van der Waals surface area contributed by atoms with E-state index in [1.54, 1.807) is 0 Å². The fourth-order valence-electron chi connectivity index (χ4n) is 6.83. The molecule has 6 nitrogen and oxygen atoms in total. The molecule has 324 valence electrons. The Morgan fingerprint density at radius 1 is 0.536 bits per heavy atom. The SMILES string of the molecule is CC/C=C/C/C=C/C/C=C/C/C=C/C/C=C/CCC(=O)OC(CCCCCCCCCCCCCC)CC(=O)NC(CO)C(O)CCCCCCCCCCC. The molecule has 0 aromatic heterocycles. The average Bonchev–Trinajstić information content (AvgIpc) is 3.19. The standard InChI is InChI=1S/C50H89NO5/c1-4-7-10-13-16-19-21-23-24-25-26-28-31-34-37-40-43-50(55)56-46(41-38-35-32-30-27-22-20-17-14-11-8-5-2)44-49(54)51-47(45-52)48(53)42-39-36-33-29-18-15-12-9-6-3/h7,10,16,19,23-24,26,28,34,37,46-48,52-53H,4-6,8-9,11-15,17-18,20-22,25,27,29-33,35-36,38-45H2,1-3H3,(H,51,54)/b10-7+,19-16+,24-23+,28-26+,37-34+. The van der Waals surface area contributed by atoms with Crippen LogP contribution in [0.4, 0.5) is 0 Å². The number of nitrogens with one attached hydrogen (secondary N) is 1. The number of carbonyl (C=O) groups excluding carboxylic acids is 2. The summed E-state index contributed by atoms with van der Waals surface area (Å²) in [5, 5.41) is 23.6. The topological polar surface area (TPSA) is 95.9 Å². The van der Waals surface area contributed by atoms with Crippen LogP contribution < -0.4 is 5.32 Å². The summed E-state index contributed by atoms with van der Waals surface area (Å²) in [4.78, 5) is 26.0. The first-order chi connectivity index (χ1) is 27.5. The summed E-state index contributed by atoms with van der Waals surface area (Å²) in [5.41, 5.74) is 0. The number of hydrogen-bond donors (Lipinski definition) is 3. The van der Waals surface area contributed by atoms with Gasteiger partial charge >= 0.3 is 5.97 Å². The van der Waals surface area contributed by atoms with Crippen molar-refractivity contribution >= 4 is 11.9 Å². The number of allylic oxidation sites excluding steroid dienone is 10. The first kappa shape index (κ1) is 53.6. The molecule has 6 heteroatoms. The molecule has 1 amide bonds. The van der Waals surface area contributed by atoms with Crippen molar-refractivity contribution in [1.82, 2.24) is 5.32 Å². The molecule has 0 radical (unpaired) electrons. The predicted octanol–water partition coefficient (Wildman–Crippen LogP) is 13.7. The second kappa shape index (κ2) is 43.7. The highest BCUT2D eigenvalue weighted by atomic mass is 16.5. The molecule has 0 fully saturated rings. The van der Waals surface area contributed by atoms with E-state index in [0.29, 0.717) is 19.3 Å². The predicted molar refractivity (Wildman–Crippen MR) is 241 cm³/mol. The fraction of sp³-hybridized carbons (Fsp3) is 0.760. The number of hydrogen-bond acceptors (Lipinski definition) is 5. The summed E-state index contributed by atoms with van der Waals surface area (Å²) in [5.74, 6) is -0.573. The van der Waals surface area contributed by atoms with Gasteiger partial charge in [0.25, 0.3) is 0 Å². The number of amides is 1. The smallest absolute Gasteiger partial charge is 0.306 e. The molecule has 3 unspecified atom stereocenters. The van der Waals surface area contributed by atoms with Crippen molar-refractivity contribution < 1.29 is 24.5 Å². The van der Waals surface area contributed by atoms with Crippen molar-refractivity contribution in [3.8, 4) is 0 Å². The summed E-state index contributed by atoms with van der Waals surface area (Å²) in [6, 6.07) is -0.713. The van der Waals surface area contributed by atoms with E-state index in [9.17, 15) is 19.8 Å². The zero-order valence-corrected chi connectivity index (χ0v) is 36.8. The van der Waals surface area contributed by atoms with Gasteiger partial charge in [-0.05, 0) is 57.8 Å². The van der Waals surface area contributed by atoms with Gasteiger partial charge in [0.05, 0.1) is 25.2 Å².